The van der Waals surface area contributed by atoms with Crippen molar-refractivity contribution in [3.63, 3.8) is 0 Å². The SMILES string of the molecule is O=C1C[C@H](c2ccc(Cl)cc2)CN1S(=O)(=O)c1ccc(Cl)cc1. The number of hydrogen-bond acceptors (Lipinski definition) is 3. The van der Waals surface area contributed by atoms with Crippen LogP contribution in [0, 0.1) is 0 Å². The van der Waals surface area contributed by atoms with Crippen molar-refractivity contribution in [1.29, 1.82) is 0 Å². The molecule has 1 atom stereocenters. The lowest BCUT2D eigenvalue weighted by molar-refractivity contribution is -0.123. The average molecular weight is 370 g/mol. The van der Waals surface area contributed by atoms with Crippen LogP contribution in [0.3, 0.4) is 0 Å². The fourth-order valence-electron chi connectivity index (χ4n) is 2.60. The van der Waals surface area contributed by atoms with Gasteiger partial charge in [0.2, 0.25) is 5.91 Å². The van der Waals surface area contributed by atoms with Crippen molar-refractivity contribution < 1.29 is 13.2 Å². The van der Waals surface area contributed by atoms with Crippen LogP contribution in [-0.4, -0.2) is 25.2 Å². The van der Waals surface area contributed by atoms with Crippen LogP contribution in [0.2, 0.25) is 10.0 Å². The van der Waals surface area contributed by atoms with Gasteiger partial charge in [0, 0.05) is 28.9 Å². The van der Waals surface area contributed by atoms with Gasteiger partial charge in [-0.15, -0.1) is 0 Å². The van der Waals surface area contributed by atoms with Crippen LogP contribution in [0.15, 0.2) is 53.4 Å². The van der Waals surface area contributed by atoms with E-state index >= 15 is 0 Å². The predicted octanol–water partition coefficient (Wildman–Crippen LogP) is 3.70. The molecule has 7 heteroatoms. The largest absolute Gasteiger partial charge is 0.274 e. The number of sulfonamides is 1. The quantitative estimate of drug-likeness (QED) is 0.828. The third kappa shape index (κ3) is 3.22. The minimum atomic E-state index is -3.85. The lowest BCUT2D eigenvalue weighted by Crippen LogP contribution is -2.32. The van der Waals surface area contributed by atoms with Crippen LogP contribution < -0.4 is 0 Å². The third-order valence-electron chi connectivity index (χ3n) is 3.83. The van der Waals surface area contributed by atoms with Crippen molar-refractivity contribution in [1.82, 2.24) is 4.31 Å². The Morgan fingerprint density at radius 1 is 0.913 bits per heavy atom. The minimum Gasteiger partial charge on any atom is -0.274 e. The summed E-state index contributed by atoms with van der Waals surface area (Å²) in [5.41, 5.74) is 0.900. The summed E-state index contributed by atoms with van der Waals surface area (Å²) in [5.74, 6) is -0.568. The molecule has 0 aromatic heterocycles. The summed E-state index contributed by atoms with van der Waals surface area (Å²) < 4.78 is 26.2. The Morgan fingerprint density at radius 3 is 2.00 bits per heavy atom. The Hall–Kier alpha value is -1.56. The number of hydrogen-bond donors (Lipinski definition) is 0. The van der Waals surface area contributed by atoms with Gasteiger partial charge < -0.3 is 0 Å². The number of benzene rings is 2. The van der Waals surface area contributed by atoms with E-state index in [9.17, 15) is 13.2 Å². The van der Waals surface area contributed by atoms with Crippen molar-refractivity contribution in [2.45, 2.75) is 17.2 Å². The lowest BCUT2D eigenvalue weighted by atomic mass is 9.99. The van der Waals surface area contributed by atoms with Crippen LogP contribution in [0.5, 0.6) is 0 Å². The zero-order chi connectivity index (χ0) is 16.6. The molecule has 0 aliphatic carbocycles. The summed E-state index contributed by atoms with van der Waals surface area (Å²) in [4.78, 5) is 12.3. The summed E-state index contributed by atoms with van der Waals surface area (Å²) >= 11 is 11.6. The molecule has 3 rings (SSSR count). The Kier molecular flexibility index (Phi) is 4.36. The van der Waals surface area contributed by atoms with Crippen LogP contribution >= 0.6 is 23.2 Å². The minimum absolute atomic E-state index is 0.0620. The summed E-state index contributed by atoms with van der Waals surface area (Å²) in [6.45, 7) is 0.130. The lowest BCUT2D eigenvalue weighted by Gasteiger charge is -2.17. The first-order valence-electron chi connectivity index (χ1n) is 6.94. The second kappa shape index (κ2) is 6.15. The van der Waals surface area contributed by atoms with Crippen molar-refractivity contribution in [2.75, 3.05) is 6.54 Å². The van der Waals surface area contributed by atoms with Gasteiger partial charge in [-0.3, -0.25) is 4.79 Å². The number of amides is 1. The van der Waals surface area contributed by atoms with Crippen molar-refractivity contribution in [3.05, 3.63) is 64.1 Å². The van der Waals surface area contributed by atoms with Gasteiger partial charge in [0.25, 0.3) is 10.0 Å². The molecule has 0 spiro atoms. The predicted molar refractivity (Wildman–Crippen MR) is 89.2 cm³/mol. The summed E-state index contributed by atoms with van der Waals surface area (Å²) in [6, 6.07) is 12.9. The van der Waals surface area contributed by atoms with Gasteiger partial charge in [0.1, 0.15) is 0 Å². The van der Waals surface area contributed by atoms with Crippen molar-refractivity contribution >= 4 is 39.1 Å². The van der Waals surface area contributed by atoms with Gasteiger partial charge in [-0.1, -0.05) is 35.3 Å². The smallest absolute Gasteiger partial charge is 0.266 e. The molecule has 2 aromatic rings. The monoisotopic (exact) mass is 369 g/mol. The second-order valence-corrected chi connectivity index (χ2v) is 8.07. The topological polar surface area (TPSA) is 54.5 Å². The molecule has 0 unspecified atom stereocenters. The van der Waals surface area contributed by atoms with Gasteiger partial charge in [0.15, 0.2) is 0 Å². The molecule has 0 saturated carbocycles. The summed E-state index contributed by atoms with van der Waals surface area (Å²) in [5, 5.41) is 1.04. The summed E-state index contributed by atoms with van der Waals surface area (Å²) in [7, 11) is -3.85. The molecule has 1 saturated heterocycles. The van der Waals surface area contributed by atoms with Crippen molar-refractivity contribution in [2.24, 2.45) is 0 Å². The molecular weight excluding hydrogens is 357 g/mol. The van der Waals surface area contributed by atoms with E-state index < -0.39 is 15.9 Å². The molecule has 23 heavy (non-hydrogen) atoms. The van der Waals surface area contributed by atoms with Crippen LogP contribution in [0.4, 0.5) is 0 Å². The first-order valence-corrected chi connectivity index (χ1v) is 9.14. The Morgan fingerprint density at radius 2 is 1.43 bits per heavy atom. The highest BCUT2D eigenvalue weighted by atomic mass is 35.5. The first kappa shape index (κ1) is 16.3. The molecule has 2 aromatic carbocycles. The van der Waals surface area contributed by atoms with Gasteiger partial charge in [-0.05, 0) is 42.0 Å². The van der Waals surface area contributed by atoms with Gasteiger partial charge in [-0.25, -0.2) is 12.7 Å². The van der Waals surface area contributed by atoms with Gasteiger partial charge in [-0.2, -0.15) is 0 Å². The maximum Gasteiger partial charge on any atom is 0.266 e. The first-order chi connectivity index (χ1) is 10.9. The van der Waals surface area contributed by atoms with Crippen LogP contribution in [-0.2, 0) is 14.8 Å². The van der Waals surface area contributed by atoms with Crippen LogP contribution in [0.25, 0.3) is 0 Å². The maximum absolute atomic E-state index is 12.6. The molecular formula is C16H13Cl2NO3S. The van der Waals surface area contributed by atoms with E-state index in [4.69, 9.17) is 23.2 Å². The van der Waals surface area contributed by atoms with E-state index in [-0.39, 0.29) is 23.8 Å². The van der Waals surface area contributed by atoms with E-state index in [1.807, 2.05) is 12.1 Å². The van der Waals surface area contributed by atoms with Crippen molar-refractivity contribution in [3.8, 4) is 0 Å². The Labute approximate surface area is 144 Å². The fraction of sp³-hybridized carbons (Fsp3) is 0.188. The molecule has 0 N–H and O–H groups in total. The fourth-order valence-corrected chi connectivity index (χ4v) is 4.31. The van der Waals surface area contributed by atoms with Gasteiger partial charge in [0.05, 0.1) is 4.90 Å². The van der Waals surface area contributed by atoms with E-state index in [0.717, 1.165) is 9.87 Å². The standard InChI is InChI=1S/C16H13Cl2NO3S/c17-13-3-1-11(2-4-13)12-9-16(20)19(10-12)23(21,22)15-7-5-14(18)6-8-15/h1-8,12H,9-10H2/t12-/m0/s1. The van der Waals surface area contributed by atoms with E-state index in [1.54, 1.807) is 12.1 Å². The Bertz CT molecular complexity index is 833. The van der Waals surface area contributed by atoms with E-state index in [1.165, 1.54) is 24.3 Å². The molecule has 0 bridgehead atoms. The number of nitrogens with zero attached hydrogens (tertiary/aromatic N) is 1. The van der Waals surface area contributed by atoms with E-state index in [2.05, 4.69) is 0 Å². The number of carbonyl (C=O) groups is 1. The number of rotatable bonds is 3. The molecule has 1 fully saturated rings. The molecule has 1 heterocycles. The Balaban J connectivity index is 1.87. The normalized spacial score (nSPS) is 18.4. The molecule has 1 amide bonds. The zero-order valence-corrected chi connectivity index (χ0v) is 14.3. The molecule has 120 valence electrons. The number of halogens is 2. The van der Waals surface area contributed by atoms with Crippen LogP contribution in [0.1, 0.15) is 17.9 Å². The molecule has 4 nitrogen and oxygen atoms in total. The average Bonchev–Trinajstić information content (AvgIpc) is 2.91. The third-order valence-corrected chi connectivity index (χ3v) is 6.13. The van der Waals surface area contributed by atoms with E-state index in [0.29, 0.717) is 10.0 Å². The second-order valence-electron chi connectivity index (χ2n) is 5.34. The zero-order valence-electron chi connectivity index (χ0n) is 11.9. The summed E-state index contributed by atoms with van der Waals surface area (Å²) in [6.07, 6.45) is 0.161. The molecule has 1 aliphatic rings. The molecule has 0 radical (unpaired) electrons. The highest BCUT2D eigenvalue weighted by Gasteiger charge is 2.38. The highest BCUT2D eigenvalue weighted by Crippen LogP contribution is 2.32. The molecule has 1 aliphatic heterocycles. The van der Waals surface area contributed by atoms with Gasteiger partial charge >= 0.3 is 0 Å². The maximum atomic E-state index is 12.6. The highest BCUT2D eigenvalue weighted by molar-refractivity contribution is 7.89. The number of carbonyl (C=O) groups excluding carboxylic acids is 1.